The van der Waals surface area contributed by atoms with E-state index in [1.165, 1.54) is 17.0 Å². The fourth-order valence-electron chi connectivity index (χ4n) is 4.17. The van der Waals surface area contributed by atoms with Gasteiger partial charge in [-0.05, 0) is 53.9 Å². The number of halogens is 2. The van der Waals surface area contributed by atoms with Crippen LogP contribution in [-0.4, -0.2) is 29.4 Å². The van der Waals surface area contributed by atoms with Crippen molar-refractivity contribution in [3.63, 3.8) is 0 Å². The molecule has 1 atom stereocenters. The topological polar surface area (TPSA) is 58.6 Å². The van der Waals surface area contributed by atoms with Gasteiger partial charge in [0, 0.05) is 31.1 Å². The first-order chi connectivity index (χ1) is 15.8. The summed E-state index contributed by atoms with van der Waals surface area (Å²) in [4.78, 5) is 28.2. The normalized spacial score (nSPS) is 17.5. The summed E-state index contributed by atoms with van der Waals surface area (Å²) >= 11 is 0. The number of nitrogens with one attached hydrogen (secondary N) is 1. The van der Waals surface area contributed by atoms with Crippen LogP contribution in [0.2, 0.25) is 0 Å². The third kappa shape index (κ3) is 4.58. The molecule has 3 aromatic carbocycles. The van der Waals surface area contributed by atoms with Gasteiger partial charge in [0.15, 0.2) is 0 Å². The van der Waals surface area contributed by atoms with Gasteiger partial charge in [-0.25, -0.2) is 8.78 Å². The van der Waals surface area contributed by atoms with Gasteiger partial charge in [-0.1, -0.05) is 30.3 Å². The minimum atomic E-state index is -1.25. The number of amides is 2. The molecule has 4 rings (SSSR count). The Balaban J connectivity index is 1.63. The van der Waals surface area contributed by atoms with Crippen LogP contribution in [-0.2, 0) is 24.3 Å². The summed E-state index contributed by atoms with van der Waals surface area (Å²) in [6, 6.07) is 17.5. The van der Waals surface area contributed by atoms with E-state index >= 15 is 0 Å². The van der Waals surface area contributed by atoms with Crippen molar-refractivity contribution >= 4 is 11.8 Å². The van der Waals surface area contributed by atoms with Gasteiger partial charge in [-0.15, -0.1) is 0 Å². The summed E-state index contributed by atoms with van der Waals surface area (Å²) in [6.45, 7) is 1.84. The molecule has 0 fully saturated rings. The van der Waals surface area contributed by atoms with E-state index < -0.39 is 17.2 Å². The number of benzene rings is 3. The molecular formula is C26H24F2N2O3. The highest BCUT2D eigenvalue weighted by molar-refractivity contribution is 6.02. The monoisotopic (exact) mass is 450 g/mol. The Labute approximate surface area is 191 Å². The number of ether oxygens (including phenoxy) is 1. The van der Waals surface area contributed by atoms with Crippen molar-refractivity contribution in [3.8, 4) is 5.75 Å². The third-order valence-electron chi connectivity index (χ3n) is 5.99. The van der Waals surface area contributed by atoms with Crippen LogP contribution in [0.3, 0.4) is 0 Å². The summed E-state index contributed by atoms with van der Waals surface area (Å²) in [5.74, 6) is -1.47. The second kappa shape index (κ2) is 9.02. The molecule has 1 aliphatic rings. The van der Waals surface area contributed by atoms with Crippen molar-refractivity contribution in [1.82, 2.24) is 10.2 Å². The summed E-state index contributed by atoms with van der Waals surface area (Å²) in [5, 5.41) is 2.91. The van der Waals surface area contributed by atoms with E-state index in [0.29, 0.717) is 11.3 Å². The molecule has 5 nitrogen and oxygen atoms in total. The average Bonchev–Trinajstić information content (AvgIpc) is 2.80. The Kier molecular flexibility index (Phi) is 6.14. The Bertz CT molecular complexity index is 1180. The quantitative estimate of drug-likeness (QED) is 0.611. The first-order valence-corrected chi connectivity index (χ1v) is 10.6. The zero-order valence-electron chi connectivity index (χ0n) is 18.4. The fourth-order valence-corrected chi connectivity index (χ4v) is 4.17. The van der Waals surface area contributed by atoms with Crippen LogP contribution < -0.4 is 10.1 Å². The maximum Gasteiger partial charge on any atom is 0.255 e. The molecule has 0 unspecified atom stereocenters. The largest absolute Gasteiger partial charge is 0.497 e. The molecule has 1 heterocycles. The van der Waals surface area contributed by atoms with Crippen LogP contribution in [0.15, 0.2) is 66.7 Å². The molecule has 3 aromatic rings. The van der Waals surface area contributed by atoms with Gasteiger partial charge in [-0.3, -0.25) is 9.59 Å². The highest BCUT2D eigenvalue weighted by atomic mass is 19.1. The lowest BCUT2D eigenvalue weighted by molar-refractivity contribution is -0.132. The molecule has 0 bridgehead atoms. The zero-order valence-corrected chi connectivity index (χ0v) is 18.4. The van der Waals surface area contributed by atoms with Crippen molar-refractivity contribution in [3.05, 3.63) is 101 Å². The Morgan fingerprint density at radius 1 is 1.03 bits per heavy atom. The summed E-state index contributed by atoms with van der Waals surface area (Å²) in [6.07, 6.45) is 0.279. The lowest BCUT2D eigenvalue weighted by atomic mass is 9.82. The number of carbonyl (C=O) groups is 2. The number of methoxy groups -OCH3 is 1. The highest BCUT2D eigenvalue weighted by Crippen LogP contribution is 2.33. The predicted octanol–water partition coefficient (Wildman–Crippen LogP) is 4.25. The smallest absolute Gasteiger partial charge is 0.255 e. The maximum atomic E-state index is 13.8. The molecule has 170 valence electrons. The van der Waals surface area contributed by atoms with Crippen LogP contribution in [0.4, 0.5) is 8.78 Å². The number of hydrogen-bond acceptors (Lipinski definition) is 3. The maximum absolute atomic E-state index is 13.8. The fraction of sp³-hybridized carbons (Fsp3) is 0.231. The number of fused-ring (bicyclic) bond motifs is 1. The zero-order chi connectivity index (χ0) is 23.6. The van der Waals surface area contributed by atoms with Crippen LogP contribution in [0.5, 0.6) is 5.75 Å². The van der Waals surface area contributed by atoms with Gasteiger partial charge >= 0.3 is 0 Å². The highest BCUT2D eigenvalue weighted by Gasteiger charge is 2.46. The van der Waals surface area contributed by atoms with Crippen molar-refractivity contribution in [2.24, 2.45) is 0 Å². The van der Waals surface area contributed by atoms with E-state index in [4.69, 9.17) is 4.74 Å². The molecule has 7 heteroatoms. The molecule has 33 heavy (non-hydrogen) atoms. The van der Waals surface area contributed by atoms with Crippen molar-refractivity contribution in [1.29, 1.82) is 0 Å². The van der Waals surface area contributed by atoms with Crippen molar-refractivity contribution in [2.75, 3.05) is 7.11 Å². The molecule has 2 amide bonds. The van der Waals surface area contributed by atoms with Gasteiger partial charge < -0.3 is 15.0 Å². The molecule has 0 aliphatic carbocycles. The van der Waals surface area contributed by atoms with Crippen LogP contribution in [0, 0.1) is 11.6 Å². The number of rotatable bonds is 6. The van der Waals surface area contributed by atoms with E-state index in [9.17, 15) is 18.4 Å². The number of hydrogen-bond donors (Lipinski definition) is 1. The van der Waals surface area contributed by atoms with Crippen LogP contribution >= 0.6 is 0 Å². The van der Waals surface area contributed by atoms with E-state index in [0.717, 1.165) is 17.2 Å². The van der Waals surface area contributed by atoms with E-state index in [2.05, 4.69) is 5.32 Å². The summed E-state index contributed by atoms with van der Waals surface area (Å²) < 4.78 is 32.8. The molecule has 1 aliphatic heterocycles. The first kappa shape index (κ1) is 22.5. The standard InChI is InChI=1S/C26H24F2N2O3/c1-26(25(32)29-15-17-7-9-22(33-2)10-8-17)14-19-5-3-4-6-23(19)24(31)30(26)16-18-11-20(27)13-21(28)12-18/h3-13H,14-16H2,1-2H3,(H,29,32)/t26-/m0/s1. The lowest BCUT2D eigenvalue weighted by Crippen LogP contribution is -2.62. The summed E-state index contributed by atoms with van der Waals surface area (Å²) in [5.41, 5.74) is 1.13. The molecule has 0 aromatic heterocycles. The van der Waals surface area contributed by atoms with Crippen molar-refractivity contribution in [2.45, 2.75) is 32.0 Å². The van der Waals surface area contributed by atoms with Gasteiger partial charge in [0.1, 0.15) is 22.9 Å². The van der Waals surface area contributed by atoms with Gasteiger partial charge in [-0.2, -0.15) is 0 Å². The van der Waals surface area contributed by atoms with Crippen LogP contribution in [0.25, 0.3) is 0 Å². The first-order valence-electron chi connectivity index (χ1n) is 10.6. The van der Waals surface area contributed by atoms with Gasteiger partial charge in [0.25, 0.3) is 5.91 Å². The molecular weight excluding hydrogens is 426 g/mol. The molecule has 0 radical (unpaired) electrons. The van der Waals surface area contributed by atoms with E-state index in [1.54, 1.807) is 38.3 Å². The van der Waals surface area contributed by atoms with Gasteiger partial charge in [0.05, 0.1) is 7.11 Å². The second-order valence-corrected chi connectivity index (χ2v) is 8.31. The molecule has 1 N–H and O–H groups in total. The minimum absolute atomic E-state index is 0.103. The third-order valence-corrected chi connectivity index (χ3v) is 5.99. The number of carbonyl (C=O) groups excluding carboxylic acids is 2. The average molecular weight is 450 g/mol. The Morgan fingerprint density at radius 2 is 1.70 bits per heavy atom. The van der Waals surface area contributed by atoms with E-state index in [1.807, 2.05) is 24.3 Å². The molecule has 0 saturated heterocycles. The molecule has 0 spiro atoms. The predicted molar refractivity (Wildman–Crippen MR) is 120 cm³/mol. The Morgan fingerprint density at radius 3 is 2.36 bits per heavy atom. The SMILES string of the molecule is COc1ccc(CNC(=O)[C@]2(C)Cc3ccccc3C(=O)N2Cc2cc(F)cc(F)c2)cc1. The number of nitrogens with zero attached hydrogens (tertiary/aromatic N) is 1. The second-order valence-electron chi connectivity index (χ2n) is 8.31. The lowest BCUT2D eigenvalue weighted by Gasteiger charge is -2.44. The van der Waals surface area contributed by atoms with E-state index in [-0.39, 0.29) is 36.9 Å². The molecule has 0 saturated carbocycles. The summed E-state index contributed by atoms with van der Waals surface area (Å²) in [7, 11) is 1.58. The van der Waals surface area contributed by atoms with Crippen molar-refractivity contribution < 1.29 is 23.1 Å². The van der Waals surface area contributed by atoms with Crippen LogP contribution in [0.1, 0.15) is 34.0 Å². The van der Waals surface area contributed by atoms with Gasteiger partial charge in [0.2, 0.25) is 5.91 Å². The minimum Gasteiger partial charge on any atom is -0.497 e. The Hall–Kier alpha value is -3.74.